The van der Waals surface area contributed by atoms with E-state index >= 15 is 0 Å². The summed E-state index contributed by atoms with van der Waals surface area (Å²) in [6.07, 6.45) is 2.74. The smallest absolute Gasteiger partial charge is 0.329 e. The Morgan fingerprint density at radius 2 is 2.05 bits per heavy atom. The summed E-state index contributed by atoms with van der Waals surface area (Å²) in [5.41, 5.74) is 0. The molecule has 1 aliphatic heterocycles. The first kappa shape index (κ1) is 16.0. The van der Waals surface area contributed by atoms with Gasteiger partial charge in [0.2, 0.25) is 5.91 Å². The number of methoxy groups -OCH3 is 1. The molecule has 0 aromatic heterocycles. The zero-order chi connectivity index (χ0) is 14.4. The number of ketones is 1. The van der Waals surface area contributed by atoms with E-state index in [1.54, 1.807) is 16.7 Å². The molecular weight excluding hydrogens is 266 g/mol. The molecule has 6 heteroatoms. The van der Waals surface area contributed by atoms with Gasteiger partial charge in [0.05, 0.1) is 18.9 Å². The Labute approximate surface area is 118 Å². The number of nitrogens with zero attached hydrogens (tertiary/aromatic N) is 1. The predicted molar refractivity (Wildman–Crippen MR) is 73.7 cm³/mol. The number of amides is 1. The molecule has 1 amide bonds. The number of carbonyl (C=O) groups excluding carboxylic acids is 3. The molecule has 0 aliphatic carbocycles. The van der Waals surface area contributed by atoms with Crippen LogP contribution in [0.15, 0.2) is 0 Å². The number of esters is 1. The van der Waals surface area contributed by atoms with Crippen molar-refractivity contribution in [2.75, 3.05) is 12.9 Å². The van der Waals surface area contributed by atoms with Gasteiger partial charge in [-0.25, -0.2) is 4.79 Å². The zero-order valence-electron chi connectivity index (χ0n) is 11.7. The highest BCUT2D eigenvalue weighted by atomic mass is 32.2. The fourth-order valence-corrected chi connectivity index (χ4v) is 3.58. The highest BCUT2D eigenvalue weighted by molar-refractivity contribution is 8.00. The summed E-state index contributed by atoms with van der Waals surface area (Å²) < 4.78 is 4.74. The van der Waals surface area contributed by atoms with Crippen LogP contribution in [0.1, 0.15) is 39.5 Å². The van der Waals surface area contributed by atoms with Crippen LogP contribution in [0.25, 0.3) is 0 Å². The minimum absolute atomic E-state index is 0.0177. The van der Waals surface area contributed by atoms with E-state index in [9.17, 15) is 14.4 Å². The Kier molecular flexibility index (Phi) is 6.34. The molecule has 0 bridgehead atoms. The Morgan fingerprint density at radius 1 is 1.37 bits per heavy atom. The predicted octanol–water partition coefficient (Wildman–Crippen LogP) is 1.60. The van der Waals surface area contributed by atoms with Crippen LogP contribution in [-0.4, -0.2) is 46.8 Å². The van der Waals surface area contributed by atoms with E-state index in [-0.39, 0.29) is 23.5 Å². The van der Waals surface area contributed by atoms with Gasteiger partial charge in [-0.05, 0) is 13.3 Å². The van der Waals surface area contributed by atoms with Gasteiger partial charge in [-0.1, -0.05) is 19.8 Å². The molecule has 5 nitrogen and oxygen atoms in total. The second kappa shape index (κ2) is 7.53. The third-order valence-corrected chi connectivity index (χ3v) is 4.41. The lowest BCUT2D eigenvalue weighted by molar-refractivity contribution is -0.152. The summed E-state index contributed by atoms with van der Waals surface area (Å²) in [4.78, 5) is 36.5. The van der Waals surface area contributed by atoms with E-state index < -0.39 is 12.0 Å². The van der Waals surface area contributed by atoms with Gasteiger partial charge in [0.25, 0.3) is 0 Å². The van der Waals surface area contributed by atoms with Crippen molar-refractivity contribution in [2.45, 2.75) is 50.9 Å². The number of ether oxygens (including phenoxy) is 1. The number of hydrogen-bond donors (Lipinski definition) is 0. The van der Waals surface area contributed by atoms with Crippen molar-refractivity contribution >= 4 is 29.4 Å². The Hall–Kier alpha value is -1.04. The first-order chi connectivity index (χ1) is 9.01. The molecule has 0 N–H and O–H groups in total. The first-order valence-electron chi connectivity index (χ1n) is 6.51. The SMILES string of the molecule is CCCC[C@H]1SC[C@@H](C(=O)OC)N1C(=O)CC(C)=O. The summed E-state index contributed by atoms with van der Waals surface area (Å²) in [6.45, 7) is 3.47. The fraction of sp³-hybridized carbons (Fsp3) is 0.769. The van der Waals surface area contributed by atoms with Crippen molar-refractivity contribution in [3.05, 3.63) is 0 Å². The van der Waals surface area contributed by atoms with Crippen LogP contribution < -0.4 is 0 Å². The van der Waals surface area contributed by atoms with Crippen molar-refractivity contribution in [1.29, 1.82) is 0 Å². The van der Waals surface area contributed by atoms with Crippen LogP contribution in [0.3, 0.4) is 0 Å². The molecule has 108 valence electrons. The monoisotopic (exact) mass is 287 g/mol. The lowest BCUT2D eigenvalue weighted by Gasteiger charge is -2.27. The number of carbonyl (C=O) groups is 3. The summed E-state index contributed by atoms with van der Waals surface area (Å²) >= 11 is 1.59. The molecule has 0 aromatic carbocycles. The highest BCUT2D eigenvalue weighted by Gasteiger charge is 2.41. The molecule has 0 aromatic rings. The Bertz CT molecular complexity index is 359. The van der Waals surface area contributed by atoms with Gasteiger partial charge in [0.15, 0.2) is 0 Å². The largest absolute Gasteiger partial charge is 0.467 e. The van der Waals surface area contributed by atoms with Crippen LogP contribution in [0.5, 0.6) is 0 Å². The van der Waals surface area contributed by atoms with E-state index in [1.165, 1.54) is 14.0 Å². The minimum atomic E-state index is -0.552. The maximum absolute atomic E-state index is 12.1. The lowest BCUT2D eigenvalue weighted by Crippen LogP contribution is -2.46. The van der Waals surface area contributed by atoms with Crippen molar-refractivity contribution in [3.8, 4) is 0 Å². The summed E-state index contributed by atoms with van der Waals surface area (Å²) in [6, 6.07) is -0.552. The highest BCUT2D eigenvalue weighted by Crippen LogP contribution is 2.33. The molecule has 1 aliphatic rings. The molecule has 1 saturated heterocycles. The quantitative estimate of drug-likeness (QED) is 0.548. The molecule has 0 spiro atoms. The number of rotatable bonds is 6. The van der Waals surface area contributed by atoms with Gasteiger partial charge in [-0.2, -0.15) is 0 Å². The van der Waals surface area contributed by atoms with E-state index in [1.807, 2.05) is 0 Å². The molecule has 1 rings (SSSR count). The number of Topliss-reactive ketones (excluding diaryl/α,β-unsaturated/α-hetero) is 1. The van der Waals surface area contributed by atoms with Gasteiger partial charge < -0.3 is 9.64 Å². The van der Waals surface area contributed by atoms with Gasteiger partial charge in [-0.15, -0.1) is 11.8 Å². The van der Waals surface area contributed by atoms with Crippen LogP contribution in [0, 0.1) is 0 Å². The average molecular weight is 287 g/mol. The lowest BCUT2D eigenvalue weighted by atomic mass is 10.1. The van der Waals surface area contributed by atoms with Gasteiger partial charge in [-0.3, -0.25) is 9.59 Å². The average Bonchev–Trinajstić information content (AvgIpc) is 2.78. The molecular formula is C13H21NO4S. The maximum atomic E-state index is 12.1. The second-order valence-corrected chi connectivity index (χ2v) is 5.86. The topological polar surface area (TPSA) is 63.7 Å². The van der Waals surface area contributed by atoms with Crippen molar-refractivity contribution < 1.29 is 19.1 Å². The third kappa shape index (κ3) is 4.23. The number of hydrogen-bond acceptors (Lipinski definition) is 5. The van der Waals surface area contributed by atoms with E-state index in [0.717, 1.165) is 19.3 Å². The van der Waals surface area contributed by atoms with Crippen molar-refractivity contribution in [3.63, 3.8) is 0 Å². The second-order valence-electron chi connectivity index (χ2n) is 4.65. The van der Waals surface area contributed by atoms with Gasteiger partial charge >= 0.3 is 5.97 Å². The number of thioether (sulfide) groups is 1. The minimum Gasteiger partial charge on any atom is -0.467 e. The summed E-state index contributed by atoms with van der Waals surface area (Å²) in [7, 11) is 1.32. The van der Waals surface area contributed by atoms with Gasteiger partial charge in [0.1, 0.15) is 11.8 Å². The zero-order valence-corrected chi connectivity index (χ0v) is 12.5. The van der Waals surface area contributed by atoms with Crippen LogP contribution in [0.2, 0.25) is 0 Å². The molecule has 1 heterocycles. The van der Waals surface area contributed by atoms with Crippen molar-refractivity contribution in [1.82, 2.24) is 4.90 Å². The van der Waals surface area contributed by atoms with E-state index in [0.29, 0.717) is 5.75 Å². The van der Waals surface area contributed by atoms with E-state index in [2.05, 4.69) is 6.92 Å². The van der Waals surface area contributed by atoms with Crippen LogP contribution in [0.4, 0.5) is 0 Å². The molecule has 0 unspecified atom stereocenters. The Morgan fingerprint density at radius 3 is 2.58 bits per heavy atom. The molecule has 0 saturated carbocycles. The molecule has 1 fully saturated rings. The van der Waals surface area contributed by atoms with Crippen LogP contribution >= 0.6 is 11.8 Å². The maximum Gasteiger partial charge on any atom is 0.329 e. The molecule has 2 atom stereocenters. The van der Waals surface area contributed by atoms with Crippen LogP contribution in [-0.2, 0) is 19.1 Å². The third-order valence-electron chi connectivity index (χ3n) is 3.06. The van der Waals surface area contributed by atoms with Gasteiger partial charge in [0, 0.05) is 5.75 Å². The number of unbranched alkanes of at least 4 members (excludes halogenated alkanes) is 1. The normalized spacial score (nSPS) is 22.4. The molecule has 0 radical (unpaired) electrons. The summed E-state index contributed by atoms with van der Waals surface area (Å²) in [5.74, 6) is -0.304. The summed E-state index contributed by atoms with van der Waals surface area (Å²) in [5, 5.41) is -0.0177. The Balaban J connectivity index is 2.81. The molecule has 19 heavy (non-hydrogen) atoms. The van der Waals surface area contributed by atoms with E-state index in [4.69, 9.17) is 4.74 Å². The first-order valence-corrected chi connectivity index (χ1v) is 7.56. The fourth-order valence-electron chi connectivity index (χ4n) is 2.12. The standard InChI is InChI=1S/C13H21NO4S/c1-4-5-6-12-14(11(16)7-9(2)15)10(8-19-12)13(17)18-3/h10,12H,4-8H2,1-3H3/t10-,12+/m0/s1. The van der Waals surface area contributed by atoms with Crippen molar-refractivity contribution in [2.24, 2.45) is 0 Å².